The Kier molecular flexibility index (Phi) is 10.9. The van der Waals surface area contributed by atoms with Gasteiger partial charge >= 0.3 is 59.0 Å². The first-order chi connectivity index (χ1) is 5.49. The monoisotopic (exact) mass is 231 g/mol. The summed E-state index contributed by atoms with van der Waals surface area (Å²) < 4.78 is 10.6. The Balaban J connectivity index is -0.000000605. The Morgan fingerprint density at radius 2 is 1.69 bits per heavy atom. The molecule has 0 aromatic carbocycles. The van der Waals surface area contributed by atoms with Crippen molar-refractivity contribution in [2.75, 3.05) is 19.4 Å². The van der Waals surface area contributed by atoms with Crippen LogP contribution >= 0.6 is 7.60 Å². The van der Waals surface area contributed by atoms with Crippen LogP contribution in [-0.2, 0) is 4.57 Å². The van der Waals surface area contributed by atoms with E-state index in [1.807, 2.05) is 0 Å². The van der Waals surface area contributed by atoms with Crippen LogP contribution in [0.2, 0.25) is 0 Å². The van der Waals surface area contributed by atoms with Crippen molar-refractivity contribution in [2.24, 2.45) is 0 Å². The van der Waals surface area contributed by atoms with Gasteiger partial charge in [0.15, 0.2) is 0 Å². The average Bonchev–Trinajstić information content (AvgIpc) is 1.84. The van der Waals surface area contributed by atoms with E-state index in [4.69, 9.17) is 9.79 Å². The molecule has 13 heavy (non-hydrogen) atoms. The zero-order valence-electron chi connectivity index (χ0n) is 8.89. The maximum atomic E-state index is 10.6. The molecule has 0 spiro atoms. The quantitative estimate of drug-likeness (QED) is 0.313. The predicted molar refractivity (Wildman–Crippen MR) is 50.0 cm³/mol. The summed E-state index contributed by atoms with van der Waals surface area (Å²) in [6.07, 6.45) is 2.95. The fraction of sp³-hybridized carbons (Fsp3) is 0.429. The molecule has 6 heteroatoms. The SMILES string of the molecule is C=CCN(CC=C)CP(=O)(O)O.[H-].[K+]. The van der Waals surface area contributed by atoms with E-state index in [1.165, 1.54) is 0 Å². The van der Waals surface area contributed by atoms with Crippen LogP contribution in [0.15, 0.2) is 25.3 Å². The number of rotatable bonds is 6. The molecule has 0 amide bonds. The molecule has 0 aromatic rings. The molecular formula is C7H15KNO3P. The van der Waals surface area contributed by atoms with Gasteiger partial charge in [0.25, 0.3) is 0 Å². The first kappa shape index (κ1) is 16.6. The van der Waals surface area contributed by atoms with Gasteiger partial charge in [-0.2, -0.15) is 0 Å². The van der Waals surface area contributed by atoms with E-state index in [9.17, 15) is 4.57 Å². The fourth-order valence-corrected chi connectivity index (χ4v) is 1.57. The topological polar surface area (TPSA) is 60.8 Å². The average molecular weight is 231 g/mol. The second kappa shape index (κ2) is 8.53. The molecule has 0 heterocycles. The minimum atomic E-state index is -3.95. The normalized spacial score (nSPS) is 10.7. The van der Waals surface area contributed by atoms with Crippen LogP contribution in [0.25, 0.3) is 0 Å². The smallest absolute Gasteiger partial charge is 1.00 e. The van der Waals surface area contributed by atoms with Gasteiger partial charge in [-0.3, -0.25) is 9.46 Å². The van der Waals surface area contributed by atoms with Gasteiger partial charge in [0, 0.05) is 13.1 Å². The molecule has 0 unspecified atom stereocenters. The molecule has 0 saturated heterocycles. The summed E-state index contributed by atoms with van der Waals surface area (Å²) in [5.74, 6) is 0. The molecule has 0 saturated carbocycles. The largest absolute Gasteiger partial charge is 1.00 e. The van der Waals surface area contributed by atoms with Crippen molar-refractivity contribution in [3.63, 3.8) is 0 Å². The van der Waals surface area contributed by atoms with Crippen molar-refractivity contribution < 1.29 is 67.2 Å². The summed E-state index contributed by atoms with van der Waals surface area (Å²) in [6, 6.07) is 0. The molecule has 4 nitrogen and oxygen atoms in total. The van der Waals surface area contributed by atoms with Crippen LogP contribution in [0.5, 0.6) is 0 Å². The van der Waals surface area contributed by atoms with Crippen LogP contribution in [-0.4, -0.2) is 34.1 Å². The summed E-state index contributed by atoms with van der Waals surface area (Å²) in [5, 5.41) is 0. The van der Waals surface area contributed by atoms with Crippen molar-refractivity contribution in [3.05, 3.63) is 25.3 Å². The summed E-state index contributed by atoms with van der Waals surface area (Å²) >= 11 is 0. The van der Waals surface area contributed by atoms with Gasteiger partial charge in [-0.25, -0.2) is 0 Å². The Morgan fingerprint density at radius 3 is 1.92 bits per heavy atom. The first-order valence-corrected chi connectivity index (χ1v) is 5.28. The second-order valence-corrected chi connectivity index (χ2v) is 4.03. The maximum Gasteiger partial charge on any atom is 1.00 e. The second-order valence-electron chi connectivity index (χ2n) is 2.42. The van der Waals surface area contributed by atoms with E-state index in [0.717, 1.165) is 0 Å². The fourth-order valence-electron chi connectivity index (χ4n) is 0.816. The van der Waals surface area contributed by atoms with Gasteiger partial charge < -0.3 is 11.2 Å². The molecule has 0 aliphatic rings. The minimum Gasteiger partial charge on any atom is -1.00 e. The molecule has 0 radical (unpaired) electrons. The Labute approximate surface area is 123 Å². The van der Waals surface area contributed by atoms with E-state index in [1.54, 1.807) is 17.1 Å². The van der Waals surface area contributed by atoms with Crippen LogP contribution < -0.4 is 51.4 Å². The Bertz CT molecular complexity index is 199. The van der Waals surface area contributed by atoms with Crippen molar-refractivity contribution in [2.45, 2.75) is 0 Å². The molecule has 0 rings (SSSR count). The summed E-state index contributed by atoms with van der Waals surface area (Å²) in [6.45, 7) is 7.88. The summed E-state index contributed by atoms with van der Waals surface area (Å²) in [4.78, 5) is 18.9. The summed E-state index contributed by atoms with van der Waals surface area (Å²) in [7, 11) is -3.95. The van der Waals surface area contributed by atoms with Crippen molar-refractivity contribution in [1.82, 2.24) is 4.90 Å². The van der Waals surface area contributed by atoms with Crippen LogP contribution in [0.1, 0.15) is 1.43 Å². The Hall–Kier alpha value is 1.23. The molecule has 0 aliphatic carbocycles. The van der Waals surface area contributed by atoms with Gasteiger partial charge in [-0.05, 0) is 0 Å². The molecule has 0 aliphatic heterocycles. The molecule has 2 N–H and O–H groups in total. The maximum absolute atomic E-state index is 10.6. The van der Waals surface area contributed by atoms with E-state index in [0.29, 0.717) is 13.1 Å². The number of hydrogen-bond donors (Lipinski definition) is 2. The predicted octanol–water partition coefficient (Wildman–Crippen LogP) is -2.09. The van der Waals surface area contributed by atoms with Gasteiger partial charge in [-0.1, -0.05) is 12.2 Å². The number of nitrogens with zero attached hydrogens (tertiary/aromatic N) is 1. The zero-order valence-corrected chi connectivity index (χ0v) is 11.9. The molecule has 72 valence electrons. The third-order valence-electron chi connectivity index (χ3n) is 1.16. The third kappa shape index (κ3) is 11.2. The van der Waals surface area contributed by atoms with Gasteiger partial charge in [0.2, 0.25) is 0 Å². The van der Waals surface area contributed by atoms with E-state index < -0.39 is 7.60 Å². The van der Waals surface area contributed by atoms with Crippen molar-refractivity contribution in [3.8, 4) is 0 Å². The van der Waals surface area contributed by atoms with Gasteiger partial charge in [0.1, 0.15) is 6.29 Å². The zero-order chi connectivity index (χ0) is 9.61. The van der Waals surface area contributed by atoms with E-state index >= 15 is 0 Å². The molecule has 0 fully saturated rings. The van der Waals surface area contributed by atoms with Gasteiger partial charge in [0.05, 0.1) is 0 Å². The van der Waals surface area contributed by atoms with Gasteiger partial charge in [-0.15, -0.1) is 13.2 Å². The molecular weight excluding hydrogens is 216 g/mol. The van der Waals surface area contributed by atoms with E-state index in [2.05, 4.69) is 13.2 Å². The van der Waals surface area contributed by atoms with Crippen molar-refractivity contribution >= 4 is 7.60 Å². The van der Waals surface area contributed by atoms with Crippen LogP contribution in [0.4, 0.5) is 0 Å². The number of hydrogen-bond acceptors (Lipinski definition) is 2. The molecule has 0 aromatic heterocycles. The Morgan fingerprint density at radius 1 is 1.31 bits per heavy atom. The minimum absolute atomic E-state index is 0. The summed E-state index contributed by atoms with van der Waals surface area (Å²) in [5.41, 5.74) is 0. The third-order valence-corrected chi connectivity index (χ3v) is 1.93. The van der Waals surface area contributed by atoms with Crippen LogP contribution in [0, 0.1) is 0 Å². The standard InChI is InChI=1S/C7H14NO3P.K.H/c1-3-5-8(6-4-2)7-12(9,10)11;;/h3-4H,1-2,5-7H2,(H2,9,10,11);;/q;+1;-1. The molecule has 0 atom stereocenters. The van der Waals surface area contributed by atoms with E-state index in [-0.39, 0.29) is 59.1 Å². The van der Waals surface area contributed by atoms with Crippen molar-refractivity contribution in [1.29, 1.82) is 0 Å². The molecule has 0 bridgehead atoms. The van der Waals surface area contributed by atoms with Crippen LogP contribution in [0.3, 0.4) is 0 Å². The first-order valence-electron chi connectivity index (χ1n) is 3.48.